The monoisotopic (exact) mass is 372 g/mol. The highest BCUT2D eigenvalue weighted by Crippen LogP contribution is 2.24. The number of rotatable bonds is 1. The zero-order chi connectivity index (χ0) is 18.7. The maximum absolute atomic E-state index is 10.6. The standard InChI is InChI=1S/C9H6O2S.C8H6S.2C2H6/c10-9(11)8-5-6-3-1-2-4-7(6)12-8;1-2-4-8-7(3-1)5-6-9-8;2*1-2/h1-5H,(H,10,11);1-6H;2*1-2H3. The van der Waals surface area contributed by atoms with Crippen LogP contribution in [0.3, 0.4) is 0 Å². The Morgan fingerprint density at radius 2 is 1.36 bits per heavy atom. The molecule has 0 spiro atoms. The first kappa shape index (κ1) is 20.9. The third-order valence-corrected chi connectivity index (χ3v) is 5.00. The highest BCUT2D eigenvalue weighted by atomic mass is 32.1. The number of aromatic carboxylic acids is 1. The molecule has 0 saturated heterocycles. The second-order valence-corrected chi connectivity index (χ2v) is 6.44. The molecule has 2 nitrogen and oxygen atoms in total. The minimum atomic E-state index is -0.851. The van der Waals surface area contributed by atoms with Crippen LogP contribution in [0.2, 0.25) is 0 Å². The molecule has 4 heteroatoms. The Bertz CT molecular complexity index is 828. The summed E-state index contributed by atoms with van der Waals surface area (Å²) in [4.78, 5) is 11.0. The number of carbonyl (C=O) groups is 1. The van der Waals surface area contributed by atoms with E-state index in [1.165, 1.54) is 21.4 Å². The Labute approximate surface area is 157 Å². The van der Waals surface area contributed by atoms with Crippen molar-refractivity contribution >= 4 is 48.8 Å². The summed E-state index contributed by atoms with van der Waals surface area (Å²) in [6, 6.07) is 19.9. The first-order chi connectivity index (χ1) is 12.2. The molecule has 0 aliphatic carbocycles. The molecule has 0 aliphatic heterocycles. The number of thiophene rings is 2. The summed E-state index contributed by atoms with van der Waals surface area (Å²) in [6.07, 6.45) is 0. The van der Waals surface area contributed by atoms with Crippen molar-refractivity contribution in [1.29, 1.82) is 0 Å². The predicted molar refractivity (Wildman–Crippen MR) is 113 cm³/mol. The van der Waals surface area contributed by atoms with Crippen LogP contribution in [0.25, 0.3) is 20.2 Å². The van der Waals surface area contributed by atoms with Gasteiger partial charge in [0.15, 0.2) is 0 Å². The molecule has 4 aromatic rings. The molecule has 0 unspecified atom stereocenters. The summed E-state index contributed by atoms with van der Waals surface area (Å²) in [7, 11) is 0. The van der Waals surface area contributed by atoms with Crippen molar-refractivity contribution in [2.75, 3.05) is 0 Å². The lowest BCUT2D eigenvalue weighted by Gasteiger charge is -1.82. The van der Waals surface area contributed by atoms with E-state index in [9.17, 15) is 4.79 Å². The second kappa shape index (κ2) is 11.4. The van der Waals surface area contributed by atoms with Crippen molar-refractivity contribution in [2.24, 2.45) is 0 Å². The van der Waals surface area contributed by atoms with Crippen molar-refractivity contribution in [1.82, 2.24) is 0 Å². The van der Waals surface area contributed by atoms with Gasteiger partial charge in [-0.1, -0.05) is 64.1 Å². The van der Waals surface area contributed by atoms with Gasteiger partial charge in [-0.05, 0) is 40.4 Å². The van der Waals surface area contributed by atoms with Crippen LogP contribution >= 0.6 is 22.7 Å². The number of fused-ring (bicyclic) bond motifs is 2. The van der Waals surface area contributed by atoms with E-state index >= 15 is 0 Å². The van der Waals surface area contributed by atoms with Crippen LogP contribution in [-0.4, -0.2) is 11.1 Å². The highest BCUT2D eigenvalue weighted by molar-refractivity contribution is 7.20. The van der Waals surface area contributed by atoms with Gasteiger partial charge in [-0.25, -0.2) is 4.79 Å². The van der Waals surface area contributed by atoms with Crippen LogP contribution in [0.4, 0.5) is 0 Å². The van der Waals surface area contributed by atoms with Crippen molar-refractivity contribution in [3.05, 3.63) is 70.9 Å². The average Bonchev–Trinajstić information content (AvgIpc) is 3.32. The highest BCUT2D eigenvalue weighted by Gasteiger charge is 2.06. The molecule has 0 amide bonds. The molecule has 2 aromatic carbocycles. The van der Waals surface area contributed by atoms with Crippen LogP contribution in [0.1, 0.15) is 37.4 Å². The normalized spacial score (nSPS) is 9.12. The van der Waals surface area contributed by atoms with Gasteiger partial charge in [-0.3, -0.25) is 0 Å². The molecule has 0 fully saturated rings. The van der Waals surface area contributed by atoms with E-state index in [2.05, 4.69) is 35.7 Å². The van der Waals surface area contributed by atoms with Crippen LogP contribution < -0.4 is 0 Å². The lowest BCUT2D eigenvalue weighted by atomic mass is 10.2. The SMILES string of the molecule is CC.CC.O=C(O)c1cc2ccccc2s1.c1ccc2sccc2c1. The Hall–Kier alpha value is -2.17. The predicted octanol–water partition coefficient (Wildman–Crippen LogP) is 7.55. The molecular weight excluding hydrogens is 348 g/mol. The van der Waals surface area contributed by atoms with Gasteiger partial charge in [-0.2, -0.15) is 0 Å². The van der Waals surface area contributed by atoms with E-state index in [1.54, 1.807) is 17.4 Å². The van der Waals surface area contributed by atoms with Crippen LogP contribution in [0, 0.1) is 0 Å². The Morgan fingerprint density at radius 3 is 1.92 bits per heavy atom. The van der Waals surface area contributed by atoms with Gasteiger partial charge >= 0.3 is 5.97 Å². The summed E-state index contributed by atoms with van der Waals surface area (Å²) in [5.41, 5.74) is 0. The first-order valence-electron chi connectivity index (χ1n) is 8.38. The molecule has 0 aliphatic rings. The maximum Gasteiger partial charge on any atom is 0.345 e. The van der Waals surface area contributed by atoms with Crippen LogP contribution in [-0.2, 0) is 0 Å². The third kappa shape index (κ3) is 6.00. The summed E-state index contributed by atoms with van der Waals surface area (Å²) in [5, 5.41) is 13.2. The maximum atomic E-state index is 10.6. The number of hydrogen-bond acceptors (Lipinski definition) is 3. The minimum Gasteiger partial charge on any atom is -0.477 e. The van der Waals surface area contributed by atoms with E-state index < -0.39 is 5.97 Å². The van der Waals surface area contributed by atoms with Crippen LogP contribution in [0.5, 0.6) is 0 Å². The molecule has 132 valence electrons. The Morgan fingerprint density at radius 1 is 0.800 bits per heavy atom. The summed E-state index contributed by atoms with van der Waals surface area (Å²) in [6.45, 7) is 8.00. The van der Waals surface area contributed by atoms with Crippen molar-refractivity contribution in [3.63, 3.8) is 0 Å². The lowest BCUT2D eigenvalue weighted by molar-refractivity contribution is 0.0702. The van der Waals surface area contributed by atoms with Crippen LogP contribution in [0.15, 0.2) is 66.0 Å². The number of carboxylic acids is 1. The van der Waals surface area contributed by atoms with Gasteiger partial charge in [0.2, 0.25) is 0 Å². The van der Waals surface area contributed by atoms with E-state index in [0.717, 1.165) is 10.1 Å². The fraction of sp³-hybridized carbons (Fsp3) is 0.190. The number of hydrogen-bond donors (Lipinski definition) is 1. The van der Waals surface area contributed by atoms with Gasteiger partial charge in [0.25, 0.3) is 0 Å². The smallest absolute Gasteiger partial charge is 0.345 e. The fourth-order valence-electron chi connectivity index (χ4n) is 1.99. The average molecular weight is 373 g/mol. The molecule has 0 bridgehead atoms. The van der Waals surface area contributed by atoms with Crippen molar-refractivity contribution < 1.29 is 9.90 Å². The lowest BCUT2D eigenvalue weighted by Crippen LogP contribution is -1.89. The Balaban J connectivity index is 0.000000214. The van der Waals surface area contributed by atoms with Crippen molar-refractivity contribution in [3.8, 4) is 0 Å². The van der Waals surface area contributed by atoms with E-state index in [-0.39, 0.29) is 0 Å². The molecule has 4 rings (SSSR count). The van der Waals surface area contributed by atoms with E-state index in [0.29, 0.717) is 4.88 Å². The molecule has 2 heterocycles. The van der Waals surface area contributed by atoms with E-state index in [4.69, 9.17) is 5.11 Å². The summed E-state index contributed by atoms with van der Waals surface area (Å²) >= 11 is 3.09. The zero-order valence-electron chi connectivity index (χ0n) is 15.0. The van der Waals surface area contributed by atoms with Gasteiger partial charge < -0.3 is 5.11 Å². The quantitative estimate of drug-likeness (QED) is 0.374. The molecular formula is C21H24O2S2. The molecule has 0 radical (unpaired) electrons. The Kier molecular flexibility index (Phi) is 9.51. The summed E-state index contributed by atoms with van der Waals surface area (Å²) in [5.74, 6) is -0.851. The summed E-state index contributed by atoms with van der Waals surface area (Å²) < 4.78 is 2.40. The molecule has 25 heavy (non-hydrogen) atoms. The van der Waals surface area contributed by atoms with Gasteiger partial charge in [-0.15, -0.1) is 22.7 Å². The van der Waals surface area contributed by atoms with Gasteiger partial charge in [0.1, 0.15) is 4.88 Å². The molecule has 0 atom stereocenters. The zero-order valence-corrected chi connectivity index (χ0v) is 16.7. The first-order valence-corrected chi connectivity index (χ1v) is 10.1. The minimum absolute atomic E-state index is 0.399. The van der Waals surface area contributed by atoms with E-state index in [1.807, 2.05) is 52.0 Å². The number of carboxylic acid groups (broad SMARTS) is 1. The van der Waals surface area contributed by atoms with Gasteiger partial charge in [0, 0.05) is 9.40 Å². The largest absolute Gasteiger partial charge is 0.477 e. The van der Waals surface area contributed by atoms with Crippen molar-refractivity contribution in [2.45, 2.75) is 27.7 Å². The number of benzene rings is 2. The fourth-order valence-corrected chi connectivity index (χ4v) is 3.69. The topological polar surface area (TPSA) is 37.3 Å². The second-order valence-electron chi connectivity index (χ2n) is 4.41. The molecule has 2 aromatic heterocycles. The molecule has 1 N–H and O–H groups in total. The molecule has 0 saturated carbocycles. The third-order valence-electron chi connectivity index (χ3n) is 3.00. The van der Waals surface area contributed by atoms with Gasteiger partial charge in [0.05, 0.1) is 0 Å².